The van der Waals surface area contributed by atoms with Gasteiger partial charge in [0.25, 0.3) is 0 Å². The smallest absolute Gasteiger partial charge is 0.508 e. The third-order valence-electron chi connectivity index (χ3n) is 6.46. The van der Waals surface area contributed by atoms with Crippen molar-refractivity contribution in [2.24, 2.45) is 23.2 Å². The van der Waals surface area contributed by atoms with Crippen LogP contribution in [0.2, 0.25) is 0 Å². The second-order valence-corrected chi connectivity index (χ2v) is 10.3. The van der Waals surface area contributed by atoms with Gasteiger partial charge in [0, 0.05) is 5.41 Å². The van der Waals surface area contributed by atoms with E-state index >= 15 is 0 Å². The van der Waals surface area contributed by atoms with E-state index in [1.165, 1.54) is 19.3 Å². The normalized spacial score (nSPS) is 36.2. The maximum atomic E-state index is 12.4. The molecule has 0 aromatic rings. The fourth-order valence-corrected chi connectivity index (χ4v) is 6.40. The Kier molecular flexibility index (Phi) is 5.22. The van der Waals surface area contributed by atoms with E-state index in [1.54, 1.807) is 0 Å². The predicted molar refractivity (Wildman–Crippen MR) is 92.2 cm³/mol. The average molecular weight is 431 g/mol. The van der Waals surface area contributed by atoms with Crippen molar-refractivity contribution in [3.63, 3.8) is 0 Å². The molecule has 0 aromatic carbocycles. The molecule has 1 saturated heterocycles. The van der Waals surface area contributed by atoms with Gasteiger partial charge < -0.3 is 23.5 Å². The molecule has 0 radical (unpaired) electrons. The summed E-state index contributed by atoms with van der Waals surface area (Å²) in [4.78, 5) is 35.3. The zero-order valence-corrected chi connectivity index (χ0v) is 16.6. The molecule has 0 amide bonds. The first-order valence-electron chi connectivity index (χ1n) is 9.75. The molecule has 2 unspecified atom stereocenters. The van der Waals surface area contributed by atoms with Crippen molar-refractivity contribution in [1.29, 1.82) is 0 Å². The van der Waals surface area contributed by atoms with Crippen LogP contribution in [0.1, 0.15) is 38.5 Å². The van der Waals surface area contributed by atoms with E-state index in [2.05, 4.69) is 9.47 Å². The molecule has 2 atom stereocenters. The van der Waals surface area contributed by atoms with Crippen LogP contribution < -0.4 is 0 Å². The number of cyclic esters (lactones) is 2. The third kappa shape index (κ3) is 4.35. The van der Waals surface area contributed by atoms with Crippen molar-refractivity contribution in [2.75, 3.05) is 19.8 Å². The number of hydrogen-bond donors (Lipinski definition) is 0. The Morgan fingerprint density at radius 2 is 1.62 bits per heavy atom. The minimum Gasteiger partial charge on any atom is -0.747 e. The maximum absolute atomic E-state index is 12.4. The summed E-state index contributed by atoms with van der Waals surface area (Å²) in [7, 11) is -5.34. The van der Waals surface area contributed by atoms with Crippen molar-refractivity contribution in [1.82, 2.24) is 0 Å². The van der Waals surface area contributed by atoms with Gasteiger partial charge >= 0.3 is 18.1 Å². The SMILES string of the molecule is O=C1OCC(COC(=O)C(C(=O)OCC23CC4CC(CC(C4)C2)C3)S(=O)(=O)[O-])O1. The molecule has 4 saturated carbocycles. The average Bonchev–Trinajstić information content (AvgIpc) is 3.01. The van der Waals surface area contributed by atoms with E-state index in [0.717, 1.165) is 19.3 Å². The second kappa shape index (κ2) is 7.42. The highest BCUT2D eigenvalue weighted by atomic mass is 32.2. The van der Waals surface area contributed by atoms with Crippen LogP contribution in [0, 0.1) is 23.2 Å². The third-order valence-corrected chi connectivity index (χ3v) is 7.43. The van der Waals surface area contributed by atoms with E-state index in [0.29, 0.717) is 17.8 Å². The molecule has 0 N–H and O–H groups in total. The fourth-order valence-electron chi connectivity index (χ4n) is 5.80. The highest BCUT2D eigenvalue weighted by Gasteiger charge is 2.52. The molecule has 1 heterocycles. The van der Waals surface area contributed by atoms with Crippen LogP contribution in [0.5, 0.6) is 0 Å². The molecule has 1 aliphatic heterocycles. The summed E-state index contributed by atoms with van der Waals surface area (Å²) < 4.78 is 53.6. The molecule has 4 bridgehead atoms. The standard InChI is InChI=1S/C18H24O10S/c19-15(25-7-13-8-26-17(21)28-13)14(29(22,23)24)16(20)27-9-18-4-10-1-11(5-18)3-12(2-10)6-18/h10-14H,1-9H2,(H,22,23,24)/p-1. The zero-order chi connectivity index (χ0) is 20.8. The minimum absolute atomic E-state index is 0.00269. The summed E-state index contributed by atoms with van der Waals surface area (Å²) >= 11 is 0. The lowest BCUT2D eigenvalue weighted by Crippen LogP contribution is -2.49. The van der Waals surface area contributed by atoms with Crippen molar-refractivity contribution in [3.8, 4) is 0 Å². The van der Waals surface area contributed by atoms with Gasteiger partial charge in [-0.05, 0) is 56.3 Å². The quantitative estimate of drug-likeness (QED) is 0.245. The lowest BCUT2D eigenvalue weighted by molar-refractivity contribution is -0.162. The van der Waals surface area contributed by atoms with E-state index in [-0.39, 0.29) is 18.6 Å². The molecule has 162 valence electrons. The Morgan fingerprint density at radius 3 is 2.10 bits per heavy atom. The van der Waals surface area contributed by atoms with Gasteiger partial charge in [-0.1, -0.05) is 0 Å². The topological polar surface area (TPSA) is 145 Å². The minimum atomic E-state index is -5.34. The van der Waals surface area contributed by atoms with Gasteiger partial charge in [-0.2, -0.15) is 0 Å². The Hall–Kier alpha value is -1.88. The van der Waals surface area contributed by atoms with Gasteiger partial charge in [0.2, 0.25) is 5.25 Å². The summed E-state index contributed by atoms with van der Waals surface area (Å²) in [6.07, 6.45) is 4.43. The summed E-state index contributed by atoms with van der Waals surface area (Å²) in [6.45, 7) is -0.709. The number of esters is 2. The van der Waals surface area contributed by atoms with E-state index in [9.17, 15) is 27.4 Å². The molecule has 0 aromatic heterocycles. The number of rotatable bonds is 7. The number of ether oxygens (including phenoxy) is 4. The van der Waals surface area contributed by atoms with Crippen molar-refractivity contribution in [3.05, 3.63) is 0 Å². The van der Waals surface area contributed by atoms with Gasteiger partial charge in [0.05, 0.1) is 6.61 Å². The first-order chi connectivity index (χ1) is 13.6. The molecule has 11 heteroatoms. The van der Waals surface area contributed by atoms with Gasteiger partial charge in [0.1, 0.15) is 23.3 Å². The van der Waals surface area contributed by atoms with Gasteiger partial charge in [-0.25, -0.2) is 13.2 Å². The Labute approximate surface area is 167 Å². The molecule has 29 heavy (non-hydrogen) atoms. The van der Waals surface area contributed by atoms with E-state index in [4.69, 9.17) is 9.47 Å². The van der Waals surface area contributed by atoms with Crippen molar-refractivity contribution < 1.29 is 46.3 Å². The van der Waals surface area contributed by atoms with Gasteiger partial charge in [-0.3, -0.25) is 9.59 Å². The zero-order valence-electron chi connectivity index (χ0n) is 15.7. The van der Waals surface area contributed by atoms with Crippen molar-refractivity contribution >= 4 is 28.2 Å². The Bertz CT molecular complexity index is 768. The Balaban J connectivity index is 1.36. The molecule has 5 aliphatic rings. The van der Waals surface area contributed by atoms with E-state index in [1.807, 2.05) is 0 Å². The van der Waals surface area contributed by atoms with Crippen LogP contribution in [0.3, 0.4) is 0 Å². The largest absolute Gasteiger partial charge is 0.747 e. The van der Waals surface area contributed by atoms with Crippen LogP contribution in [-0.2, 0) is 38.7 Å². The highest BCUT2D eigenvalue weighted by molar-refractivity contribution is 7.88. The summed E-state index contributed by atoms with van der Waals surface area (Å²) in [5.74, 6) is -1.17. The predicted octanol–water partition coefficient (Wildman–Crippen LogP) is 0.738. The summed E-state index contributed by atoms with van der Waals surface area (Å²) in [5, 5.41) is -2.60. The van der Waals surface area contributed by atoms with Gasteiger partial charge in [-0.15, -0.1) is 0 Å². The molecule has 5 rings (SSSR count). The first-order valence-corrected chi connectivity index (χ1v) is 11.2. The fraction of sp³-hybridized carbons (Fsp3) is 0.833. The number of carbonyl (C=O) groups excluding carboxylic acids is 3. The monoisotopic (exact) mass is 431 g/mol. The van der Waals surface area contributed by atoms with E-state index < -0.39 is 46.2 Å². The second-order valence-electron chi connectivity index (χ2n) is 8.83. The highest BCUT2D eigenvalue weighted by Crippen LogP contribution is 2.60. The lowest BCUT2D eigenvalue weighted by atomic mass is 9.50. The number of hydrogen-bond acceptors (Lipinski definition) is 10. The van der Waals surface area contributed by atoms with Crippen LogP contribution in [-0.4, -0.2) is 62.2 Å². The van der Waals surface area contributed by atoms with Crippen LogP contribution in [0.15, 0.2) is 0 Å². The summed E-state index contributed by atoms with van der Waals surface area (Å²) in [6, 6.07) is 0. The Morgan fingerprint density at radius 1 is 1.07 bits per heavy atom. The molecule has 5 fully saturated rings. The van der Waals surface area contributed by atoms with Gasteiger partial charge in [0.15, 0.2) is 6.10 Å². The molecule has 0 spiro atoms. The molecular weight excluding hydrogens is 408 g/mol. The molecule has 10 nitrogen and oxygen atoms in total. The molecule has 4 aliphatic carbocycles. The summed E-state index contributed by atoms with van der Waals surface area (Å²) in [5.41, 5.74) is -0.194. The number of carbonyl (C=O) groups is 3. The van der Waals surface area contributed by atoms with Crippen LogP contribution in [0.25, 0.3) is 0 Å². The first kappa shape index (κ1) is 20.4. The van der Waals surface area contributed by atoms with Crippen LogP contribution >= 0.6 is 0 Å². The van der Waals surface area contributed by atoms with Crippen molar-refractivity contribution in [2.45, 2.75) is 49.9 Å². The molecular formula is C18H23O10S-. The lowest BCUT2D eigenvalue weighted by Gasteiger charge is -2.56. The maximum Gasteiger partial charge on any atom is 0.508 e. The van der Waals surface area contributed by atoms with Crippen LogP contribution in [0.4, 0.5) is 4.79 Å².